The maximum Gasteiger partial charge on any atom is 0.303 e. The standard InChI is InChI=1S/C29H27NO2.C12H15NO3/c31-28-18-19-30(22-23(28)21-27-17-10-20-32-27)29(24-11-4-1-5-12-24,25-13-6-2-7-14-25)26-15-8-3-9-16-26;1-9(14)16-12-4-5-13-8-10(12)7-11-3-2-6-15-11/h1-17,20-21,28,31H,18-19,22H2;2-3,6-7,12-13H,4-5,8H2,1H3/b23-21+;10-7+. The smallest absolute Gasteiger partial charge is 0.303 e. The Hall–Kier alpha value is -4.95. The van der Waals surface area contributed by atoms with E-state index in [0.29, 0.717) is 13.0 Å². The highest BCUT2D eigenvalue weighted by Gasteiger charge is 2.44. The van der Waals surface area contributed by atoms with Gasteiger partial charge in [0.05, 0.1) is 24.2 Å². The number of benzene rings is 3. The number of nitrogens with one attached hydrogen (secondary N) is 1. The summed E-state index contributed by atoms with van der Waals surface area (Å²) in [5.41, 5.74) is 5.18. The van der Waals surface area contributed by atoms with E-state index in [1.165, 1.54) is 23.6 Å². The predicted molar refractivity (Wildman–Crippen MR) is 188 cm³/mol. The molecule has 2 unspecified atom stereocenters. The molecule has 4 heterocycles. The van der Waals surface area contributed by atoms with Crippen molar-refractivity contribution in [3.05, 3.63) is 167 Å². The lowest BCUT2D eigenvalue weighted by Crippen LogP contribution is -2.52. The van der Waals surface area contributed by atoms with Gasteiger partial charge < -0.3 is 24.0 Å². The molecule has 0 amide bonds. The number of furan rings is 2. The van der Waals surface area contributed by atoms with Crippen LogP contribution in [-0.4, -0.2) is 54.4 Å². The largest absolute Gasteiger partial charge is 0.465 e. The van der Waals surface area contributed by atoms with Crippen LogP contribution >= 0.6 is 0 Å². The van der Waals surface area contributed by atoms with Crippen LogP contribution in [0.1, 0.15) is 48.0 Å². The summed E-state index contributed by atoms with van der Waals surface area (Å²) in [6.07, 6.45) is 8.10. The molecule has 2 saturated heterocycles. The number of rotatable bonds is 7. The number of nitrogens with zero attached hydrogens (tertiary/aromatic N) is 1. The van der Waals surface area contributed by atoms with Crippen molar-refractivity contribution >= 4 is 18.1 Å². The maximum atomic E-state index is 11.0. The van der Waals surface area contributed by atoms with Gasteiger partial charge in [-0.15, -0.1) is 0 Å². The van der Waals surface area contributed by atoms with Gasteiger partial charge in [-0.05, 0) is 77.2 Å². The number of aliphatic hydroxyl groups excluding tert-OH is 1. The minimum absolute atomic E-state index is 0.121. The van der Waals surface area contributed by atoms with E-state index < -0.39 is 11.6 Å². The van der Waals surface area contributed by atoms with Gasteiger partial charge in [0.1, 0.15) is 17.6 Å². The Morgan fingerprint density at radius 3 is 1.77 bits per heavy atom. The summed E-state index contributed by atoms with van der Waals surface area (Å²) in [6, 6.07) is 39.6. The van der Waals surface area contributed by atoms with Gasteiger partial charge in [0.25, 0.3) is 0 Å². The topological polar surface area (TPSA) is 88.1 Å². The molecule has 3 aromatic carbocycles. The molecule has 5 aromatic rings. The van der Waals surface area contributed by atoms with E-state index in [9.17, 15) is 9.90 Å². The van der Waals surface area contributed by atoms with Gasteiger partial charge in [0.15, 0.2) is 0 Å². The van der Waals surface area contributed by atoms with Crippen LogP contribution in [0.2, 0.25) is 0 Å². The zero-order valence-electron chi connectivity index (χ0n) is 27.2. The first-order valence-electron chi connectivity index (χ1n) is 16.5. The van der Waals surface area contributed by atoms with E-state index in [1.807, 2.05) is 36.4 Å². The normalized spacial score (nSPS) is 20.2. The third-order valence-electron chi connectivity index (χ3n) is 8.90. The van der Waals surface area contributed by atoms with Crippen molar-refractivity contribution < 1.29 is 23.5 Å². The van der Waals surface area contributed by atoms with Crippen LogP contribution in [0.15, 0.2) is 148 Å². The molecule has 0 radical (unpaired) electrons. The second kappa shape index (κ2) is 15.8. The van der Waals surface area contributed by atoms with Gasteiger partial charge in [-0.2, -0.15) is 0 Å². The number of carbonyl (C=O) groups is 1. The number of aliphatic hydroxyl groups is 1. The van der Waals surface area contributed by atoms with Crippen LogP contribution in [0.4, 0.5) is 0 Å². The zero-order valence-corrected chi connectivity index (χ0v) is 27.2. The number of hydrogen-bond donors (Lipinski definition) is 2. The van der Waals surface area contributed by atoms with Crippen molar-refractivity contribution in [2.75, 3.05) is 26.2 Å². The van der Waals surface area contributed by atoms with Crippen molar-refractivity contribution in [3.8, 4) is 0 Å². The van der Waals surface area contributed by atoms with Crippen LogP contribution in [-0.2, 0) is 15.1 Å². The second-order valence-corrected chi connectivity index (χ2v) is 12.1. The molecule has 2 aliphatic heterocycles. The lowest BCUT2D eigenvalue weighted by atomic mass is 9.74. The highest BCUT2D eigenvalue weighted by atomic mass is 16.5. The SMILES string of the molecule is CC(=O)OC1CCNC/C1=C\c1ccco1.OC1CCN(C(c2ccccc2)(c2ccccc2)c2ccccc2)C/C1=C\c1ccco1. The first kappa shape index (κ1) is 33.0. The Morgan fingerprint density at radius 2 is 1.29 bits per heavy atom. The molecular formula is C41H42N2O5. The summed E-state index contributed by atoms with van der Waals surface area (Å²) in [5, 5.41) is 14.1. The molecule has 2 N–H and O–H groups in total. The highest BCUT2D eigenvalue weighted by Crippen LogP contribution is 2.44. The molecule has 7 rings (SSSR count). The van der Waals surface area contributed by atoms with E-state index >= 15 is 0 Å². The summed E-state index contributed by atoms with van der Waals surface area (Å²) in [6.45, 7) is 4.45. The zero-order chi connectivity index (χ0) is 33.2. The molecule has 0 spiro atoms. The van der Waals surface area contributed by atoms with E-state index in [4.69, 9.17) is 13.6 Å². The number of ether oxygens (including phenoxy) is 1. The average Bonchev–Trinajstić information content (AvgIpc) is 3.84. The number of esters is 1. The minimum atomic E-state index is -0.480. The molecule has 0 bridgehead atoms. The lowest BCUT2D eigenvalue weighted by Gasteiger charge is -2.48. The fourth-order valence-electron chi connectivity index (χ4n) is 6.74. The monoisotopic (exact) mass is 642 g/mol. The predicted octanol–water partition coefficient (Wildman–Crippen LogP) is 7.31. The number of carbonyl (C=O) groups excluding carboxylic acids is 1. The van der Waals surface area contributed by atoms with E-state index in [2.05, 4.69) is 101 Å². The minimum Gasteiger partial charge on any atom is -0.465 e. The van der Waals surface area contributed by atoms with E-state index in [1.54, 1.807) is 12.5 Å². The van der Waals surface area contributed by atoms with Crippen molar-refractivity contribution in [1.29, 1.82) is 0 Å². The Bertz CT molecular complexity index is 1670. The summed E-state index contributed by atoms with van der Waals surface area (Å²) in [5.74, 6) is 1.32. The van der Waals surface area contributed by atoms with Gasteiger partial charge >= 0.3 is 5.97 Å². The molecule has 48 heavy (non-hydrogen) atoms. The van der Waals surface area contributed by atoms with Crippen LogP contribution in [0.25, 0.3) is 12.2 Å². The quantitative estimate of drug-likeness (QED) is 0.142. The molecule has 2 aliphatic rings. The maximum absolute atomic E-state index is 11.0. The van der Waals surface area contributed by atoms with Crippen LogP contribution in [0.3, 0.4) is 0 Å². The number of likely N-dealkylation sites (tertiary alicyclic amines) is 1. The fraction of sp³-hybridized carbons (Fsp3) is 0.244. The van der Waals surface area contributed by atoms with Crippen LogP contribution in [0.5, 0.6) is 0 Å². The first-order chi connectivity index (χ1) is 23.5. The van der Waals surface area contributed by atoms with Crippen molar-refractivity contribution in [1.82, 2.24) is 10.2 Å². The van der Waals surface area contributed by atoms with Crippen molar-refractivity contribution in [2.45, 2.75) is 37.5 Å². The Morgan fingerprint density at radius 1 is 0.771 bits per heavy atom. The molecule has 2 fully saturated rings. The second-order valence-electron chi connectivity index (χ2n) is 12.1. The lowest BCUT2D eigenvalue weighted by molar-refractivity contribution is -0.145. The molecule has 0 aliphatic carbocycles. The highest BCUT2D eigenvalue weighted by molar-refractivity contribution is 5.67. The van der Waals surface area contributed by atoms with Gasteiger partial charge in [0.2, 0.25) is 0 Å². The molecule has 246 valence electrons. The molecular weight excluding hydrogens is 600 g/mol. The number of piperidine rings is 2. The average molecular weight is 643 g/mol. The molecule has 0 saturated carbocycles. The summed E-state index contributed by atoms with van der Waals surface area (Å²) < 4.78 is 16.1. The van der Waals surface area contributed by atoms with Crippen molar-refractivity contribution in [2.24, 2.45) is 0 Å². The molecule has 2 atom stereocenters. The van der Waals surface area contributed by atoms with E-state index in [-0.39, 0.29) is 12.1 Å². The van der Waals surface area contributed by atoms with E-state index in [0.717, 1.165) is 48.7 Å². The van der Waals surface area contributed by atoms with Gasteiger partial charge in [0, 0.05) is 33.0 Å². The van der Waals surface area contributed by atoms with Gasteiger partial charge in [-0.1, -0.05) is 91.0 Å². The Balaban J connectivity index is 0.000000211. The summed E-state index contributed by atoms with van der Waals surface area (Å²) in [7, 11) is 0. The van der Waals surface area contributed by atoms with Gasteiger partial charge in [-0.25, -0.2) is 0 Å². The third-order valence-corrected chi connectivity index (χ3v) is 8.90. The fourth-order valence-corrected chi connectivity index (χ4v) is 6.74. The molecule has 2 aromatic heterocycles. The molecule has 7 nitrogen and oxygen atoms in total. The first-order valence-corrected chi connectivity index (χ1v) is 16.5. The summed E-state index contributed by atoms with van der Waals surface area (Å²) >= 11 is 0. The number of hydrogen-bond acceptors (Lipinski definition) is 7. The Labute approximate surface area is 282 Å². The molecule has 7 heteroatoms. The van der Waals surface area contributed by atoms with Crippen LogP contribution in [0, 0.1) is 0 Å². The van der Waals surface area contributed by atoms with Gasteiger partial charge in [-0.3, -0.25) is 9.69 Å². The van der Waals surface area contributed by atoms with Crippen LogP contribution < -0.4 is 5.32 Å². The summed E-state index contributed by atoms with van der Waals surface area (Å²) in [4.78, 5) is 13.5. The van der Waals surface area contributed by atoms with Crippen molar-refractivity contribution in [3.63, 3.8) is 0 Å². The third kappa shape index (κ3) is 7.60. The Kier molecular flexibility index (Phi) is 10.8.